The van der Waals surface area contributed by atoms with E-state index < -0.39 is 0 Å². The number of allylic oxidation sites excluding steroid dienone is 3. The summed E-state index contributed by atoms with van der Waals surface area (Å²) >= 11 is 0. The first-order valence-corrected chi connectivity index (χ1v) is 13.4. The lowest BCUT2D eigenvalue weighted by Crippen LogP contribution is -2.36. The number of aromatic hydroxyl groups is 1. The van der Waals surface area contributed by atoms with Gasteiger partial charge in [-0.2, -0.15) is 0 Å². The van der Waals surface area contributed by atoms with Crippen LogP contribution in [0.25, 0.3) is 6.08 Å². The van der Waals surface area contributed by atoms with E-state index in [1.807, 2.05) is 44.2 Å². The Morgan fingerprint density at radius 2 is 1.42 bits per heavy atom. The number of rotatable bonds is 15. The third-order valence-electron chi connectivity index (χ3n) is 6.00. The SMILES string of the molecule is CC(C)=CCc1c(OCCC[N+](C)(C)C)ccc(C(=O)/C=C/c2ccc(OCCC[N+](C)(C)C)cc2)c1O. The normalized spacial score (nSPS) is 12.0. The van der Waals surface area contributed by atoms with Crippen LogP contribution in [0.2, 0.25) is 0 Å². The number of hydrogen-bond donors (Lipinski definition) is 1. The summed E-state index contributed by atoms with van der Waals surface area (Å²) in [7, 11) is 13.0. The number of phenols is 1. The van der Waals surface area contributed by atoms with Crippen LogP contribution in [0.4, 0.5) is 0 Å². The second-order valence-corrected chi connectivity index (χ2v) is 12.1. The van der Waals surface area contributed by atoms with Crippen molar-refractivity contribution < 1.29 is 28.3 Å². The Bertz CT molecular complexity index is 1100. The highest BCUT2D eigenvalue weighted by atomic mass is 16.5. The number of phenolic OH excluding ortho intramolecular Hbond substituents is 1. The highest BCUT2D eigenvalue weighted by Crippen LogP contribution is 2.33. The predicted molar refractivity (Wildman–Crippen MR) is 157 cm³/mol. The Labute approximate surface area is 230 Å². The van der Waals surface area contributed by atoms with Crippen molar-refractivity contribution in [1.82, 2.24) is 0 Å². The van der Waals surface area contributed by atoms with Gasteiger partial charge in [0.1, 0.15) is 17.2 Å². The quantitative estimate of drug-likeness (QED) is 0.106. The molecule has 0 unspecified atom stereocenters. The van der Waals surface area contributed by atoms with Gasteiger partial charge in [0.2, 0.25) is 0 Å². The summed E-state index contributed by atoms with van der Waals surface area (Å²) in [5.74, 6) is 1.17. The number of quaternary nitrogens is 2. The number of hydrogen-bond acceptors (Lipinski definition) is 4. The summed E-state index contributed by atoms with van der Waals surface area (Å²) in [5, 5.41) is 11.0. The van der Waals surface area contributed by atoms with Crippen LogP contribution in [0.15, 0.2) is 54.1 Å². The molecule has 0 aliphatic rings. The Morgan fingerprint density at radius 1 is 0.842 bits per heavy atom. The molecule has 1 N–H and O–H groups in total. The first-order chi connectivity index (χ1) is 17.7. The molecule has 208 valence electrons. The molecule has 6 heteroatoms. The zero-order valence-electron chi connectivity index (χ0n) is 24.7. The van der Waals surface area contributed by atoms with E-state index in [1.165, 1.54) is 6.08 Å². The van der Waals surface area contributed by atoms with Gasteiger partial charge in [-0.25, -0.2) is 0 Å². The minimum absolute atomic E-state index is 0.0149. The van der Waals surface area contributed by atoms with Crippen LogP contribution >= 0.6 is 0 Å². The first-order valence-electron chi connectivity index (χ1n) is 13.4. The van der Waals surface area contributed by atoms with E-state index in [4.69, 9.17) is 9.47 Å². The monoisotopic (exact) mass is 524 g/mol. The Morgan fingerprint density at radius 3 is 1.97 bits per heavy atom. The number of carbonyl (C=O) groups is 1. The van der Waals surface area contributed by atoms with Gasteiger partial charge in [-0.05, 0) is 56.2 Å². The molecular formula is C32H48N2O4+2. The third kappa shape index (κ3) is 11.5. The van der Waals surface area contributed by atoms with Crippen LogP contribution in [0.1, 0.15) is 48.2 Å². The molecule has 0 aliphatic heterocycles. The van der Waals surface area contributed by atoms with Gasteiger partial charge in [0.15, 0.2) is 5.78 Å². The second-order valence-electron chi connectivity index (χ2n) is 12.1. The molecule has 0 spiro atoms. The van der Waals surface area contributed by atoms with E-state index in [2.05, 4.69) is 42.3 Å². The van der Waals surface area contributed by atoms with Gasteiger partial charge in [-0.1, -0.05) is 29.9 Å². The molecule has 38 heavy (non-hydrogen) atoms. The van der Waals surface area contributed by atoms with Crippen molar-refractivity contribution >= 4 is 11.9 Å². The lowest BCUT2D eigenvalue weighted by molar-refractivity contribution is -0.870. The van der Waals surface area contributed by atoms with Crippen LogP contribution in [0.3, 0.4) is 0 Å². The number of ketones is 1. The summed E-state index contributed by atoms with van der Waals surface area (Å²) in [4.78, 5) is 13.0. The van der Waals surface area contributed by atoms with Crippen molar-refractivity contribution in [3.63, 3.8) is 0 Å². The third-order valence-corrected chi connectivity index (χ3v) is 6.00. The minimum atomic E-state index is -0.252. The average molecular weight is 525 g/mol. The molecule has 2 rings (SSSR count). The van der Waals surface area contributed by atoms with E-state index in [9.17, 15) is 9.90 Å². The van der Waals surface area contributed by atoms with E-state index >= 15 is 0 Å². The van der Waals surface area contributed by atoms with Gasteiger partial charge in [0, 0.05) is 18.4 Å². The second kappa shape index (κ2) is 14.2. The van der Waals surface area contributed by atoms with Crippen LogP contribution in [-0.2, 0) is 6.42 Å². The molecule has 0 aliphatic carbocycles. The zero-order chi connectivity index (χ0) is 28.3. The number of carbonyl (C=O) groups excluding carboxylic acids is 1. The minimum Gasteiger partial charge on any atom is -0.507 e. The summed E-state index contributed by atoms with van der Waals surface area (Å²) in [6.45, 7) is 7.29. The molecule has 6 nitrogen and oxygen atoms in total. The fraction of sp³-hybridized carbons (Fsp3) is 0.469. The molecular weight excluding hydrogens is 476 g/mol. The molecule has 0 saturated heterocycles. The standard InChI is InChI=1S/C32H47N2O4/c1-25(2)11-17-29-31(38-24-10-22-34(6,7)8)20-18-28(32(29)36)30(35)19-14-26-12-15-27(16-13-26)37-23-9-21-33(3,4)5/h11-16,18-20H,9-10,17,21-24H2,1-8H3/q+1/p+1/b19-14+. The van der Waals surface area contributed by atoms with E-state index in [0.717, 1.165) is 51.8 Å². The van der Waals surface area contributed by atoms with E-state index in [1.54, 1.807) is 18.2 Å². The molecule has 0 radical (unpaired) electrons. The Hall–Kier alpha value is -3.09. The van der Waals surface area contributed by atoms with E-state index in [0.29, 0.717) is 30.9 Å². The first kappa shape index (κ1) is 31.1. The summed E-state index contributed by atoms with van der Waals surface area (Å²) in [5.41, 5.74) is 2.94. The average Bonchev–Trinajstić information content (AvgIpc) is 2.82. The number of ether oxygens (including phenoxy) is 2. The molecule has 0 saturated carbocycles. The summed E-state index contributed by atoms with van der Waals surface area (Å²) < 4.78 is 13.6. The van der Waals surface area contributed by atoms with Gasteiger partial charge < -0.3 is 23.5 Å². The highest BCUT2D eigenvalue weighted by molar-refractivity contribution is 6.09. The fourth-order valence-electron chi connectivity index (χ4n) is 3.84. The topological polar surface area (TPSA) is 55.8 Å². The zero-order valence-corrected chi connectivity index (χ0v) is 24.7. The van der Waals surface area contributed by atoms with Crippen LogP contribution in [-0.4, -0.2) is 88.4 Å². The smallest absolute Gasteiger partial charge is 0.189 e. The van der Waals surface area contributed by atoms with Crippen molar-refractivity contribution in [3.05, 3.63) is 70.8 Å². The van der Waals surface area contributed by atoms with Gasteiger partial charge >= 0.3 is 0 Å². The van der Waals surface area contributed by atoms with Gasteiger partial charge in [0.05, 0.1) is 74.2 Å². The Balaban J connectivity index is 2.08. The van der Waals surface area contributed by atoms with Crippen LogP contribution in [0.5, 0.6) is 17.2 Å². The Kier molecular flexibility index (Phi) is 11.6. The van der Waals surface area contributed by atoms with Gasteiger partial charge in [0.25, 0.3) is 0 Å². The van der Waals surface area contributed by atoms with Gasteiger partial charge in [-0.3, -0.25) is 4.79 Å². The molecule has 2 aromatic carbocycles. The molecule has 0 atom stereocenters. The number of benzene rings is 2. The predicted octanol–water partition coefficient (Wildman–Crippen LogP) is 5.75. The van der Waals surface area contributed by atoms with Crippen LogP contribution < -0.4 is 9.47 Å². The molecule has 0 heterocycles. The largest absolute Gasteiger partial charge is 0.507 e. The fourth-order valence-corrected chi connectivity index (χ4v) is 3.84. The highest BCUT2D eigenvalue weighted by Gasteiger charge is 2.17. The lowest BCUT2D eigenvalue weighted by atomic mass is 10.00. The maximum absolute atomic E-state index is 13.0. The molecule has 2 aromatic rings. The maximum atomic E-state index is 13.0. The number of nitrogens with zero attached hydrogens (tertiary/aromatic N) is 2. The molecule has 0 fully saturated rings. The van der Waals surface area contributed by atoms with Crippen molar-refractivity contribution in [1.29, 1.82) is 0 Å². The maximum Gasteiger partial charge on any atom is 0.189 e. The van der Waals surface area contributed by atoms with Gasteiger partial charge in [-0.15, -0.1) is 0 Å². The van der Waals surface area contributed by atoms with E-state index in [-0.39, 0.29) is 17.1 Å². The molecule has 0 amide bonds. The summed E-state index contributed by atoms with van der Waals surface area (Å²) in [6, 6.07) is 11.1. The van der Waals surface area contributed by atoms with Crippen molar-refractivity contribution in [2.45, 2.75) is 33.1 Å². The molecule has 0 bridgehead atoms. The van der Waals surface area contributed by atoms with Crippen LogP contribution in [0, 0.1) is 0 Å². The molecule has 0 aromatic heterocycles. The summed E-state index contributed by atoms with van der Waals surface area (Å²) in [6.07, 6.45) is 7.67. The lowest BCUT2D eigenvalue weighted by Gasteiger charge is -2.23. The van der Waals surface area contributed by atoms with Crippen molar-refractivity contribution in [2.24, 2.45) is 0 Å². The van der Waals surface area contributed by atoms with Crippen molar-refractivity contribution in [2.75, 3.05) is 68.6 Å². The van der Waals surface area contributed by atoms with Crippen molar-refractivity contribution in [3.8, 4) is 17.2 Å².